The molecule has 7 nitrogen and oxygen atoms in total. The molecule has 0 aliphatic carbocycles. The molecule has 1 saturated heterocycles. The van der Waals surface area contributed by atoms with Crippen molar-refractivity contribution in [1.29, 1.82) is 0 Å². The second-order valence-electron chi connectivity index (χ2n) is 6.61. The number of amides is 1. The summed E-state index contributed by atoms with van der Waals surface area (Å²) in [5.74, 6) is 1.72. The molecule has 1 aliphatic rings. The Morgan fingerprint density at radius 2 is 1.93 bits per heavy atom. The monoisotopic (exact) mass is 529 g/mol. The molecule has 3 rings (SSSR count). The fourth-order valence-electron chi connectivity index (χ4n) is 3.16. The van der Waals surface area contributed by atoms with Crippen LogP contribution >= 0.6 is 35.3 Å². The quantitative estimate of drug-likeness (QED) is 0.261. The standard InChI is InChI=1S/C20H27N5O2S.HI/c1-15-18(28-14-24-15)19(26)22-10-11-23-20(21-2)25-12-8-17(9-13-25)27-16-6-4-3-5-7-16;/h3-7,14,17H,8-13H2,1-2H3,(H,21,23)(H,22,26);1H. The summed E-state index contributed by atoms with van der Waals surface area (Å²) in [5.41, 5.74) is 2.46. The minimum absolute atomic E-state index is 0. The maximum atomic E-state index is 12.1. The molecule has 158 valence electrons. The van der Waals surface area contributed by atoms with E-state index in [1.807, 2.05) is 37.3 Å². The maximum Gasteiger partial charge on any atom is 0.263 e. The van der Waals surface area contributed by atoms with E-state index in [0.717, 1.165) is 43.3 Å². The zero-order valence-electron chi connectivity index (χ0n) is 16.8. The summed E-state index contributed by atoms with van der Waals surface area (Å²) in [6.45, 7) is 4.78. The number of para-hydroxylation sites is 1. The summed E-state index contributed by atoms with van der Waals surface area (Å²) < 4.78 is 6.05. The van der Waals surface area contributed by atoms with Gasteiger partial charge in [0.1, 0.15) is 16.7 Å². The topological polar surface area (TPSA) is 78.8 Å². The molecule has 0 spiro atoms. The number of thiazole rings is 1. The van der Waals surface area contributed by atoms with Gasteiger partial charge in [0.2, 0.25) is 0 Å². The zero-order chi connectivity index (χ0) is 19.8. The molecule has 0 bridgehead atoms. The van der Waals surface area contributed by atoms with Crippen LogP contribution in [0.5, 0.6) is 5.75 Å². The van der Waals surface area contributed by atoms with Crippen molar-refractivity contribution in [1.82, 2.24) is 20.5 Å². The molecule has 2 N–H and O–H groups in total. The molecule has 2 heterocycles. The van der Waals surface area contributed by atoms with E-state index in [1.165, 1.54) is 11.3 Å². The average Bonchev–Trinajstić information content (AvgIpc) is 3.15. The van der Waals surface area contributed by atoms with Crippen LogP contribution in [0.2, 0.25) is 0 Å². The minimum atomic E-state index is -0.0735. The fraction of sp³-hybridized carbons (Fsp3) is 0.450. The third-order valence-corrected chi connectivity index (χ3v) is 5.57. The molecule has 2 aromatic rings. The lowest BCUT2D eigenvalue weighted by Gasteiger charge is -2.34. The highest BCUT2D eigenvalue weighted by atomic mass is 127. The Bertz CT molecular complexity index is 791. The van der Waals surface area contributed by atoms with Gasteiger partial charge in [0.25, 0.3) is 5.91 Å². The van der Waals surface area contributed by atoms with Crippen LogP contribution in [0.15, 0.2) is 40.8 Å². The molecular weight excluding hydrogens is 501 g/mol. The first kappa shape index (κ1) is 23.4. The number of hydrogen-bond acceptors (Lipinski definition) is 5. The Hall–Kier alpha value is -1.88. The van der Waals surface area contributed by atoms with Gasteiger partial charge in [-0.1, -0.05) is 18.2 Å². The minimum Gasteiger partial charge on any atom is -0.490 e. The van der Waals surface area contributed by atoms with Crippen molar-refractivity contribution in [2.45, 2.75) is 25.9 Å². The van der Waals surface area contributed by atoms with Gasteiger partial charge in [0.15, 0.2) is 5.96 Å². The van der Waals surface area contributed by atoms with Gasteiger partial charge in [-0.25, -0.2) is 4.98 Å². The molecule has 1 aromatic carbocycles. The molecule has 0 radical (unpaired) electrons. The summed E-state index contributed by atoms with van der Waals surface area (Å²) in [5, 5.41) is 6.25. The third kappa shape index (κ3) is 6.84. The lowest BCUT2D eigenvalue weighted by atomic mass is 10.1. The molecule has 0 atom stereocenters. The van der Waals surface area contributed by atoms with E-state index in [-0.39, 0.29) is 36.0 Å². The lowest BCUT2D eigenvalue weighted by Crippen LogP contribution is -2.48. The van der Waals surface area contributed by atoms with Crippen molar-refractivity contribution in [2.75, 3.05) is 33.2 Å². The van der Waals surface area contributed by atoms with E-state index in [4.69, 9.17) is 4.74 Å². The molecule has 29 heavy (non-hydrogen) atoms. The highest BCUT2D eigenvalue weighted by molar-refractivity contribution is 14.0. The number of piperidine rings is 1. The van der Waals surface area contributed by atoms with Gasteiger partial charge >= 0.3 is 0 Å². The first-order chi connectivity index (χ1) is 13.7. The number of carbonyl (C=O) groups is 1. The summed E-state index contributed by atoms with van der Waals surface area (Å²) in [4.78, 5) is 23.5. The smallest absolute Gasteiger partial charge is 0.263 e. The maximum absolute atomic E-state index is 12.1. The van der Waals surface area contributed by atoms with E-state index in [2.05, 4.69) is 25.5 Å². The van der Waals surface area contributed by atoms with Crippen LogP contribution in [0.1, 0.15) is 28.2 Å². The van der Waals surface area contributed by atoms with Gasteiger partial charge in [-0.3, -0.25) is 9.79 Å². The van der Waals surface area contributed by atoms with Crippen LogP contribution < -0.4 is 15.4 Å². The van der Waals surface area contributed by atoms with Crippen molar-refractivity contribution >= 4 is 47.2 Å². The molecule has 1 aliphatic heterocycles. The number of nitrogens with one attached hydrogen (secondary N) is 2. The number of halogens is 1. The number of rotatable bonds is 6. The Morgan fingerprint density at radius 3 is 2.55 bits per heavy atom. The van der Waals surface area contributed by atoms with Crippen molar-refractivity contribution in [3.63, 3.8) is 0 Å². The van der Waals surface area contributed by atoms with Crippen molar-refractivity contribution in [3.05, 3.63) is 46.4 Å². The van der Waals surface area contributed by atoms with E-state index in [9.17, 15) is 4.79 Å². The lowest BCUT2D eigenvalue weighted by molar-refractivity contribution is 0.0957. The first-order valence-corrected chi connectivity index (χ1v) is 10.4. The van der Waals surface area contributed by atoms with Crippen LogP contribution in [-0.2, 0) is 0 Å². The van der Waals surface area contributed by atoms with Crippen LogP contribution in [0, 0.1) is 6.92 Å². The molecule has 1 fully saturated rings. The summed E-state index contributed by atoms with van der Waals surface area (Å²) in [6.07, 6.45) is 2.15. The number of likely N-dealkylation sites (tertiary alicyclic amines) is 1. The fourth-order valence-corrected chi connectivity index (χ4v) is 3.88. The second kappa shape index (κ2) is 12.0. The second-order valence-corrected chi connectivity index (χ2v) is 7.47. The SMILES string of the molecule is CN=C(NCCNC(=O)c1scnc1C)N1CCC(Oc2ccccc2)CC1.I. The van der Waals surface area contributed by atoms with Crippen LogP contribution in [0.25, 0.3) is 0 Å². The normalized spacial score (nSPS) is 14.8. The van der Waals surface area contributed by atoms with E-state index >= 15 is 0 Å². The summed E-state index contributed by atoms with van der Waals surface area (Å²) in [6, 6.07) is 9.96. The number of hydrogen-bond donors (Lipinski definition) is 2. The Kier molecular flexibility index (Phi) is 9.65. The number of ether oxygens (including phenoxy) is 1. The van der Waals surface area contributed by atoms with Gasteiger partial charge in [-0.15, -0.1) is 35.3 Å². The number of aromatic nitrogens is 1. The highest BCUT2D eigenvalue weighted by Crippen LogP contribution is 2.18. The van der Waals surface area contributed by atoms with E-state index < -0.39 is 0 Å². The van der Waals surface area contributed by atoms with E-state index in [0.29, 0.717) is 18.0 Å². The van der Waals surface area contributed by atoms with Gasteiger partial charge in [0, 0.05) is 46.1 Å². The van der Waals surface area contributed by atoms with Crippen LogP contribution in [0.3, 0.4) is 0 Å². The predicted octanol–water partition coefficient (Wildman–Crippen LogP) is 2.92. The average molecular weight is 529 g/mol. The molecule has 0 saturated carbocycles. The highest BCUT2D eigenvalue weighted by Gasteiger charge is 2.22. The molecule has 0 unspecified atom stereocenters. The predicted molar refractivity (Wildman–Crippen MR) is 128 cm³/mol. The molecule has 9 heteroatoms. The zero-order valence-corrected chi connectivity index (χ0v) is 19.9. The summed E-state index contributed by atoms with van der Waals surface area (Å²) >= 11 is 1.36. The first-order valence-electron chi connectivity index (χ1n) is 9.53. The van der Waals surface area contributed by atoms with E-state index in [1.54, 1.807) is 12.6 Å². The molecule has 1 aromatic heterocycles. The molecule has 1 amide bonds. The van der Waals surface area contributed by atoms with Gasteiger partial charge in [-0.2, -0.15) is 0 Å². The van der Waals surface area contributed by atoms with Crippen molar-refractivity contribution in [3.8, 4) is 5.75 Å². The van der Waals surface area contributed by atoms with Gasteiger partial charge in [-0.05, 0) is 19.1 Å². The van der Waals surface area contributed by atoms with Gasteiger partial charge < -0.3 is 20.3 Å². The number of aliphatic imine (C=N–C) groups is 1. The number of carbonyl (C=O) groups excluding carboxylic acids is 1. The van der Waals surface area contributed by atoms with Crippen LogP contribution in [0.4, 0.5) is 0 Å². The number of guanidine groups is 1. The summed E-state index contributed by atoms with van der Waals surface area (Å²) in [7, 11) is 1.79. The third-order valence-electron chi connectivity index (χ3n) is 4.64. The van der Waals surface area contributed by atoms with Crippen molar-refractivity contribution < 1.29 is 9.53 Å². The number of nitrogens with zero attached hydrogens (tertiary/aromatic N) is 3. The Morgan fingerprint density at radius 1 is 1.24 bits per heavy atom. The van der Waals surface area contributed by atoms with Crippen LogP contribution in [-0.4, -0.2) is 61.1 Å². The number of aryl methyl sites for hydroxylation is 1. The van der Waals surface area contributed by atoms with Gasteiger partial charge in [0.05, 0.1) is 11.2 Å². The Balaban J connectivity index is 0.00000300. The Labute approximate surface area is 193 Å². The van der Waals surface area contributed by atoms with Crippen molar-refractivity contribution in [2.24, 2.45) is 4.99 Å². The number of benzene rings is 1. The largest absolute Gasteiger partial charge is 0.490 e. The molecular formula is C20H28IN5O2S.